The number of nitrogens with one attached hydrogen (secondary N) is 1. The predicted molar refractivity (Wildman–Crippen MR) is 120 cm³/mol. The van der Waals surface area contributed by atoms with Crippen LogP contribution in [-0.4, -0.2) is 30.6 Å². The third-order valence-electron chi connectivity index (χ3n) is 5.01. The van der Waals surface area contributed by atoms with Crippen molar-refractivity contribution in [2.45, 2.75) is 40.8 Å². The highest BCUT2D eigenvalue weighted by Crippen LogP contribution is 2.29. The molecule has 0 unspecified atom stereocenters. The second kappa shape index (κ2) is 8.63. The number of benzene rings is 1. The highest BCUT2D eigenvalue weighted by atomic mass is 16.1. The lowest BCUT2D eigenvalue weighted by molar-refractivity contribution is 0.0950. The molecule has 0 saturated heterocycles. The first kappa shape index (κ1) is 20.7. The highest BCUT2D eigenvalue weighted by Gasteiger charge is 2.16. The van der Waals surface area contributed by atoms with Gasteiger partial charge in [0.25, 0.3) is 5.91 Å². The van der Waals surface area contributed by atoms with Crippen molar-refractivity contribution in [2.24, 2.45) is 5.92 Å². The molecule has 4 aromatic rings. The van der Waals surface area contributed by atoms with Crippen LogP contribution in [0.4, 0.5) is 0 Å². The van der Waals surface area contributed by atoms with Gasteiger partial charge in [-0.2, -0.15) is 5.10 Å². The Balaban J connectivity index is 1.72. The number of nitrogens with zero attached hydrogens (tertiary/aromatic N) is 5. The summed E-state index contributed by atoms with van der Waals surface area (Å²) in [5.74, 6) is 0.261. The minimum absolute atomic E-state index is 0.171. The molecule has 0 aliphatic heterocycles. The van der Waals surface area contributed by atoms with Gasteiger partial charge < -0.3 is 5.32 Å². The largest absolute Gasteiger partial charge is 0.346 e. The molecule has 1 aromatic carbocycles. The number of aryl methyl sites for hydroxylation is 2. The average Bonchev–Trinajstić information content (AvgIpc) is 3.15. The predicted octanol–water partition coefficient (Wildman–Crippen LogP) is 4.09. The van der Waals surface area contributed by atoms with Crippen molar-refractivity contribution in [3.05, 3.63) is 71.6 Å². The molecular formula is C24H26N6O. The van der Waals surface area contributed by atoms with Gasteiger partial charge in [-0.3, -0.25) is 24.4 Å². The monoisotopic (exact) mass is 414 g/mol. The van der Waals surface area contributed by atoms with Gasteiger partial charge in [-0.15, -0.1) is 0 Å². The van der Waals surface area contributed by atoms with Crippen molar-refractivity contribution in [3.8, 4) is 11.3 Å². The summed E-state index contributed by atoms with van der Waals surface area (Å²) in [5.41, 5.74) is 5.85. The number of carbonyl (C=O) groups excluding carboxylic acids is 1. The van der Waals surface area contributed by atoms with Gasteiger partial charge in [0.05, 0.1) is 41.5 Å². The minimum Gasteiger partial charge on any atom is -0.346 e. The Bertz CT molecular complexity index is 1210. The maximum Gasteiger partial charge on any atom is 0.251 e. The van der Waals surface area contributed by atoms with E-state index in [0.717, 1.165) is 40.0 Å². The first-order chi connectivity index (χ1) is 14.9. The SMILES string of the molecule is Cc1ccc(-c2cc(C(=O)NCc3cnc(C)cn3)cc3c2cnn3CC(C)C)nc1. The summed E-state index contributed by atoms with van der Waals surface area (Å²) in [6.07, 6.45) is 7.07. The first-order valence-electron chi connectivity index (χ1n) is 10.4. The molecule has 0 bridgehead atoms. The van der Waals surface area contributed by atoms with E-state index in [-0.39, 0.29) is 5.91 Å². The first-order valence-corrected chi connectivity index (χ1v) is 10.4. The van der Waals surface area contributed by atoms with Crippen LogP contribution < -0.4 is 5.32 Å². The molecule has 0 saturated carbocycles. The second-order valence-corrected chi connectivity index (χ2v) is 8.23. The van der Waals surface area contributed by atoms with E-state index in [4.69, 9.17) is 0 Å². The molecule has 31 heavy (non-hydrogen) atoms. The maximum absolute atomic E-state index is 13.0. The Morgan fingerprint density at radius 2 is 1.87 bits per heavy atom. The van der Waals surface area contributed by atoms with Crippen molar-refractivity contribution in [1.29, 1.82) is 0 Å². The number of hydrogen-bond donors (Lipinski definition) is 1. The van der Waals surface area contributed by atoms with Crippen LogP contribution in [0.1, 0.15) is 41.2 Å². The Labute approximate surface area is 181 Å². The molecular weight excluding hydrogens is 388 g/mol. The van der Waals surface area contributed by atoms with Crippen LogP contribution in [0.3, 0.4) is 0 Å². The smallest absolute Gasteiger partial charge is 0.251 e. The molecule has 0 aliphatic rings. The molecule has 158 valence electrons. The summed E-state index contributed by atoms with van der Waals surface area (Å²) >= 11 is 0. The topological polar surface area (TPSA) is 85.6 Å². The lowest BCUT2D eigenvalue weighted by atomic mass is 10.0. The zero-order valence-electron chi connectivity index (χ0n) is 18.3. The van der Waals surface area contributed by atoms with E-state index in [9.17, 15) is 4.79 Å². The number of fused-ring (bicyclic) bond motifs is 1. The molecule has 0 atom stereocenters. The summed E-state index contributed by atoms with van der Waals surface area (Å²) in [6, 6.07) is 7.79. The normalized spacial score (nSPS) is 11.3. The van der Waals surface area contributed by atoms with Gasteiger partial charge in [0, 0.05) is 35.5 Å². The van der Waals surface area contributed by atoms with Crippen molar-refractivity contribution in [3.63, 3.8) is 0 Å². The van der Waals surface area contributed by atoms with Gasteiger partial charge in [0.15, 0.2) is 0 Å². The summed E-state index contributed by atoms with van der Waals surface area (Å²) in [5, 5.41) is 8.51. The van der Waals surface area contributed by atoms with Gasteiger partial charge in [-0.25, -0.2) is 0 Å². The summed E-state index contributed by atoms with van der Waals surface area (Å²) in [6.45, 7) is 9.27. The summed E-state index contributed by atoms with van der Waals surface area (Å²) in [4.78, 5) is 26.1. The van der Waals surface area contributed by atoms with E-state index in [1.165, 1.54) is 0 Å². The fourth-order valence-electron chi connectivity index (χ4n) is 3.42. The molecule has 4 rings (SSSR count). The van der Waals surface area contributed by atoms with E-state index < -0.39 is 0 Å². The Hall–Kier alpha value is -3.61. The zero-order valence-corrected chi connectivity index (χ0v) is 18.3. The van der Waals surface area contributed by atoms with Crippen LogP contribution in [0.15, 0.2) is 49.1 Å². The fourth-order valence-corrected chi connectivity index (χ4v) is 3.42. The third-order valence-corrected chi connectivity index (χ3v) is 5.01. The molecule has 0 fully saturated rings. The van der Waals surface area contributed by atoms with Gasteiger partial charge in [-0.05, 0) is 43.5 Å². The van der Waals surface area contributed by atoms with Crippen molar-refractivity contribution in [1.82, 2.24) is 30.0 Å². The van der Waals surface area contributed by atoms with E-state index >= 15 is 0 Å². The third kappa shape index (κ3) is 4.60. The molecule has 1 N–H and O–H groups in total. The van der Waals surface area contributed by atoms with Gasteiger partial charge in [0.1, 0.15) is 0 Å². The molecule has 3 aromatic heterocycles. The standard InChI is InChI=1S/C24H26N6O/c1-15(2)14-30-23-8-18(24(31)28-12-19-11-25-17(4)10-26-19)7-20(21(23)13-29-30)22-6-5-16(3)9-27-22/h5-11,13,15H,12,14H2,1-4H3,(H,28,31). The Morgan fingerprint density at radius 3 is 2.55 bits per heavy atom. The molecule has 3 heterocycles. The molecule has 0 spiro atoms. The minimum atomic E-state index is -0.171. The van der Waals surface area contributed by atoms with Crippen LogP contribution >= 0.6 is 0 Å². The molecule has 0 radical (unpaired) electrons. The second-order valence-electron chi connectivity index (χ2n) is 8.23. The Kier molecular flexibility index (Phi) is 5.75. The number of hydrogen-bond acceptors (Lipinski definition) is 5. The lowest BCUT2D eigenvalue weighted by Crippen LogP contribution is -2.23. The van der Waals surface area contributed by atoms with Gasteiger partial charge in [-0.1, -0.05) is 19.9 Å². The maximum atomic E-state index is 13.0. The number of rotatable bonds is 6. The van der Waals surface area contributed by atoms with Crippen LogP contribution in [0.2, 0.25) is 0 Å². The molecule has 1 amide bonds. The lowest BCUT2D eigenvalue weighted by Gasteiger charge is -2.11. The van der Waals surface area contributed by atoms with E-state index in [1.807, 2.05) is 55.2 Å². The highest BCUT2D eigenvalue weighted by molar-refractivity contribution is 6.03. The average molecular weight is 415 g/mol. The molecule has 7 nitrogen and oxygen atoms in total. The number of pyridine rings is 1. The molecule has 0 aliphatic carbocycles. The van der Waals surface area contributed by atoms with Crippen LogP contribution in [0, 0.1) is 19.8 Å². The van der Waals surface area contributed by atoms with Gasteiger partial charge >= 0.3 is 0 Å². The van der Waals surface area contributed by atoms with Crippen molar-refractivity contribution >= 4 is 16.8 Å². The summed E-state index contributed by atoms with van der Waals surface area (Å²) < 4.78 is 1.96. The van der Waals surface area contributed by atoms with E-state index in [2.05, 4.69) is 39.2 Å². The van der Waals surface area contributed by atoms with E-state index in [0.29, 0.717) is 23.7 Å². The fraction of sp³-hybridized carbons (Fsp3) is 0.292. The zero-order chi connectivity index (χ0) is 22.0. The van der Waals surface area contributed by atoms with Crippen molar-refractivity contribution < 1.29 is 4.79 Å². The Morgan fingerprint density at radius 1 is 1.03 bits per heavy atom. The van der Waals surface area contributed by atoms with E-state index in [1.54, 1.807) is 12.4 Å². The van der Waals surface area contributed by atoms with Crippen molar-refractivity contribution in [2.75, 3.05) is 0 Å². The van der Waals surface area contributed by atoms with Crippen LogP contribution in [0.25, 0.3) is 22.2 Å². The quantitative estimate of drug-likeness (QED) is 0.514. The number of amides is 1. The molecule has 7 heteroatoms. The summed E-state index contributed by atoms with van der Waals surface area (Å²) in [7, 11) is 0. The van der Waals surface area contributed by atoms with Crippen LogP contribution in [-0.2, 0) is 13.1 Å². The number of aromatic nitrogens is 5. The number of carbonyl (C=O) groups is 1. The van der Waals surface area contributed by atoms with Crippen LogP contribution in [0.5, 0.6) is 0 Å². The van der Waals surface area contributed by atoms with Gasteiger partial charge in [0.2, 0.25) is 0 Å².